The van der Waals surface area contributed by atoms with Crippen LogP contribution in [-0.4, -0.2) is 39.6 Å². The molecule has 2 amide bonds. The van der Waals surface area contributed by atoms with E-state index in [-0.39, 0.29) is 12.1 Å². The number of carboxylic acids is 1. The molecule has 2 N–H and O–H groups in total. The second kappa shape index (κ2) is 5.69. The van der Waals surface area contributed by atoms with Crippen molar-refractivity contribution in [2.45, 2.75) is 31.8 Å². The summed E-state index contributed by atoms with van der Waals surface area (Å²) in [5.41, 5.74) is 0.939. The zero-order valence-electron chi connectivity index (χ0n) is 10.7. The molecule has 0 radical (unpaired) electrons. The van der Waals surface area contributed by atoms with Crippen molar-refractivity contribution < 1.29 is 14.7 Å². The standard InChI is InChI=1S/C13H17N3O3/c1-9(10-4-6-14-7-5-10)15-13(19)16-8-2-3-11(16)12(17)18/h4-7,9,11H,2-3,8H2,1H3,(H,15,19)(H,17,18)/t9?,11-/m1/s1. The molecule has 0 aliphatic carbocycles. The molecule has 2 atom stereocenters. The molecule has 6 heteroatoms. The van der Waals surface area contributed by atoms with E-state index < -0.39 is 12.0 Å². The fourth-order valence-corrected chi connectivity index (χ4v) is 2.27. The lowest BCUT2D eigenvalue weighted by Crippen LogP contribution is -2.46. The zero-order valence-corrected chi connectivity index (χ0v) is 10.7. The highest BCUT2D eigenvalue weighted by Gasteiger charge is 2.34. The third kappa shape index (κ3) is 3.01. The van der Waals surface area contributed by atoms with Crippen molar-refractivity contribution in [3.63, 3.8) is 0 Å². The molecular weight excluding hydrogens is 246 g/mol. The zero-order chi connectivity index (χ0) is 13.8. The molecule has 1 unspecified atom stereocenters. The number of nitrogens with zero attached hydrogens (tertiary/aromatic N) is 2. The van der Waals surface area contributed by atoms with Gasteiger partial charge in [0.2, 0.25) is 0 Å². The lowest BCUT2D eigenvalue weighted by molar-refractivity contribution is -0.141. The highest BCUT2D eigenvalue weighted by molar-refractivity contribution is 5.83. The molecule has 1 saturated heterocycles. The fraction of sp³-hybridized carbons (Fsp3) is 0.462. The van der Waals surface area contributed by atoms with Crippen LogP contribution < -0.4 is 5.32 Å². The second-order valence-electron chi connectivity index (χ2n) is 4.64. The van der Waals surface area contributed by atoms with Gasteiger partial charge in [0.15, 0.2) is 0 Å². The smallest absolute Gasteiger partial charge is 0.326 e. The first kappa shape index (κ1) is 13.3. The average Bonchev–Trinajstić information content (AvgIpc) is 2.89. The molecule has 1 aliphatic rings. The van der Waals surface area contributed by atoms with Crippen LogP contribution in [-0.2, 0) is 4.79 Å². The molecule has 19 heavy (non-hydrogen) atoms. The van der Waals surface area contributed by atoms with Crippen LogP contribution >= 0.6 is 0 Å². The maximum absolute atomic E-state index is 12.1. The summed E-state index contributed by atoms with van der Waals surface area (Å²) < 4.78 is 0. The number of nitrogens with one attached hydrogen (secondary N) is 1. The third-order valence-corrected chi connectivity index (χ3v) is 3.34. The van der Waals surface area contributed by atoms with E-state index in [2.05, 4.69) is 10.3 Å². The molecule has 6 nitrogen and oxygen atoms in total. The fourth-order valence-electron chi connectivity index (χ4n) is 2.27. The minimum atomic E-state index is -0.941. The third-order valence-electron chi connectivity index (χ3n) is 3.34. The van der Waals surface area contributed by atoms with Gasteiger partial charge < -0.3 is 15.3 Å². The Morgan fingerprint density at radius 2 is 2.16 bits per heavy atom. The highest BCUT2D eigenvalue weighted by Crippen LogP contribution is 2.19. The topological polar surface area (TPSA) is 82.5 Å². The number of amides is 2. The number of carbonyl (C=O) groups is 2. The molecule has 102 valence electrons. The van der Waals surface area contributed by atoms with Crippen molar-refractivity contribution in [1.82, 2.24) is 15.2 Å². The molecule has 0 spiro atoms. The van der Waals surface area contributed by atoms with Gasteiger partial charge in [0.25, 0.3) is 0 Å². The number of aromatic nitrogens is 1. The van der Waals surface area contributed by atoms with Gasteiger partial charge in [-0.15, -0.1) is 0 Å². The number of urea groups is 1. The summed E-state index contributed by atoms with van der Waals surface area (Å²) >= 11 is 0. The summed E-state index contributed by atoms with van der Waals surface area (Å²) in [5, 5.41) is 11.9. The Labute approximate surface area is 111 Å². The van der Waals surface area contributed by atoms with Crippen molar-refractivity contribution in [2.75, 3.05) is 6.54 Å². The number of likely N-dealkylation sites (tertiary alicyclic amines) is 1. The SMILES string of the molecule is CC(NC(=O)N1CCC[C@@H]1C(=O)O)c1ccncc1. The van der Waals surface area contributed by atoms with E-state index in [1.54, 1.807) is 12.4 Å². The van der Waals surface area contributed by atoms with Crippen LogP contribution in [0.2, 0.25) is 0 Å². The Morgan fingerprint density at radius 1 is 1.47 bits per heavy atom. The van der Waals surface area contributed by atoms with E-state index in [1.165, 1.54) is 4.90 Å². The molecular formula is C13H17N3O3. The minimum absolute atomic E-state index is 0.175. The van der Waals surface area contributed by atoms with Crippen LogP contribution in [0.5, 0.6) is 0 Å². The van der Waals surface area contributed by atoms with Crippen molar-refractivity contribution in [1.29, 1.82) is 0 Å². The summed E-state index contributed by atoms with van der Waals surface area (Å²) in [6.45, 7) is 2.35. The van der Waals surface area contributed by atoms with Crippen LogP contribution in [0.25, 0.3) is 0 Å². The quantitative estimate of drug-likeness (QED) is 0.863. The lowest BCUT2D eigenvalue weighted by Gasteiger charge is -2.24. The van der Waals surface area contributed by atoms with E-state index in [0.717, 1.165) is 12.0 Å². The number of carbonyl (C=O) groups excluding carboxylic acids is 1. The molecule has 2 rings (SSSR count). The van der Waals surface area contributed by atoms with Crippen LogP contribution in [0.4, 0.5) is 4.79 Å². The molecule has 1 aromatic rings. The molecule has 0 aromatic carbocycles. The number of hydrogen-bond acceptors (Lipinski definition) is 3. The van der Waals surface area contributed by atoms with Crippen molar-refractivity contribution in [3.05, 3.63) is 30.1 Å². The summed E-state index contributed by atoms with van der Waals surface area (Å²) in [4.78, 5) is 28.4. The summed E-state index contributed by atoms with van der Waals surface area (Å²) in [5.74, 6) is -0.941. The van der Waals surface area contributed by atoms with Crippen LogP contribution in [0.1, 0.15) is 31.4 Å². The Bertz CT molecular complexity index is 463. The molecule has 1 aliphatic heterocycles. The Balaban J connectivity index is 1.99. The van der Waals surface area contributed by atoms with Gasteiger partial charge in [0, 0.05) is 18.9 Å². The molecule has 1 fully saturated rings. The largest absolute Gasteiger partial charge is 0.480 e. The van der Waals surface area contributed by atoms with E-state index >= 15 is 0 Å². The predicted molar refractivity (Wildman–Crippen MR) is 68.5 cm³/mol. The number of carboxylic acid groups (broad SMARTS) is 1. The van der Waals surface area contributed by atoms with Gasteiger partial charge in [-0.25, -0.2) is 9.59 Å². The van der Waals surface area contributed by atoms with Crippen molar-refractivity contribution in [3.8, 4) is 0 Å². The summed E-state index contributed by atoms with van der Waals surface area (Å²) in [6, 6.07) is 2.44. The highest BCUT2D eigenvalue weighted by atomic mass is 16.4. The molecule has 0 bridgehead atoms. The summed E-state index contributed by atoms with van der Waals surface area (Å²) in [7, 11) is 0. The first-order chi connectivity index (χ1) is 9.09. The first-order valence-corrected chi connectivity index (χ1v) is 6.29. The number of aliphatic carboxylic acids is 1. The van der Waals surface area contributed by atoms with E-state index in [0.29, 0.717) is 13.0 Å². The normalized spacial score (nSPS) is 20.1. The Kier molecular flexibility index (Phi) is 3.99. The monoisotopic (exact) mass is 263 g/mol. The van der Waals surface area contributed by atoms with E-state index in [1.807, 2.05) is 19.1 Å². The number of pyridine rings is 1. The van der Waals surface area contributed by atoms with Crippen LogP contribution in [0.3, 0.4) is 0 Å². The van der Waals surface area contributed by atoms with Gasteiger partial charge in [-0.2, -0.15) is 0 Å². The first-order valence-electron chi connectivity index (χ1n) is 6.29. The van der Waals surface area contributed by atoms with E-state index in [9.17, 15) is 9.59 Å². The van der Waals surface area contributed by atoms with Gasteiger partial charge in [-0.3, -0.25) is 4.98 Å². The minimum Gasteiger partial charge on any atom is -0.480 e. The van der Waals surface area contributed by atoms with Gasteiger partial charge >= 0.3 is 12.0 Å². The maximum atomic E-state index is 12.1. The van der Waals surface area contributed by atoms with Gasteiger partial charge in [0.05, 0.1) is 6.04 Å². The van der Waals surface area contributed by atoms with E-state index in [4.69, 9.17) is 5.11 Å². The number of rotatable bonds is 3. The molecule has 0 saturated carbocycles. The van der Waals surface area contributed by atoms with Crippen molar-refractivity contribution >= 4 is 12.0 Å². The average molecular weight is 263 g/mol. The van der Waals surface area contributed by atoms with Gasteiger partial charge in [0.1, 0.15) is 6.04 Å². The molecule has 2 heterocycles. The molecule has 1 aromatic heterocycles. The predicted octanol–water partition coefficient (Wildman–Crippen LogP) is 1.40. The maximum Gasteiger partial charge on any atom is 0.326 e. The Hall–Kier alpha value is -2.11. The second-order valence-corrected chi connectivity index (χ2v) is 4.64. The Morgan fingerprint density at radius 3 is 2.79 bits per heavy atom. The summed E-state index contributed by atoms with van der Waals surface area (Å²) in [6.07, 6.45) is 4.57. The van der Waals surface area contributed by atoms with Gasteiger partial charge in [-0.05, 0) is 37.5 Å². The number of hydrogen-bond donors (Lipinski definition) is 2. The van der Waals surface area contributed by atoms with Crippen molar-refractivity contribution in [2.24, 2.45) is 0 Å². The van der Waals surface area contributed by atoms with Crippen LogP contribution in [0, 0.1) is 0 Å². The van der Waals surface area contributed by atoms with Crippen LogP contribution in [0.15, 0.2) is 24.5 Å². The van der Waals surface area contributed by atoms with Gasteiger partial charge in [-0.1, -0.05) is 0 Å². The lowest BCUT2D eigenvalue weighted by atomic mass is 10.1.